The Labute approximate surface area is 231 Å². The molecule has 8 nitrogen and oxygen atoms in total. The van der Waals surface area contributed by atoms with Crippen LogP contribution >= 0.6 is 11.6 Å². The molecule has 1 aliphatic carbocycles. The van der Waals surface area contributed by atoms with Crippen molar-refractivity contribution in [2.75, 3.05) is 13.2 Å². The molecule has 0 bridgehead atoms. The van der Waals surface area contributed by atoms with Gasteiger partial charge in [-0.15, -0.1) is 0 Å². The number of aryl methyl sites for hydroxylation is 2. The number of hydrogen-bond acceptors (Lipinski definition) is 5. The van der Waals surface area contributed by atoms with Gasteiger partial charge in [-0.2, -0.15) is 5.10 Å². The van der Waals surface area contributed by atoms with Crippen LogP contribution in [0, 0.1) is 12.8 Å². The van der Waals surface area contributed by atoms with E-state index in [4.69, 9.17) is 21.1 Å². The van der Waals surface area contributed by atoms with Gasteiger partial charge in [0.15, 0.2) is 0 Å². The predicted octanol–water partition coefficient (Wildman–Crippen LogP) is 6.39. The van der Waals surface area contributed by atoms with Crippen molar-refractivity contribution in [3.63, 3.8) is 0 Å². The average Bonchev–Trinajstić information content (AvgIpc) is 3.60. The third-order valence-electron chi connectivity index (χ3n) is 7.37. The Balaban J connectivity index is 1.21. The van der Waals surface area contributed by atoms with Crippen molar-refractivity contribution in [1.29, 1.82) is 0 Å². The van der Waals surface area contributed by atoms with E-state index >= 15 is 0 Å². The molecule has 0 spiro atoms. The summed E-state index contributed by atoms with van der Waals surface area (Å²) in [5.41, 5.74) is 4.39. The number of carbonyl (C=O) groups is 1. The highest BCUT2D eigenvalue weighted by Crippen LogP contribution is 2.42. The number of aromatic amines is 1. The third kappa shape index (κ3) is 5.43. The van der Waals surface area contributed by atoms with E-state index < -0.39 is 0 Å². The maximum atomic E-state index is 13.5. The molecule has 0 saturated heterocycles. The Bertz CT molecular complexity index is 1520. The lowest BCUT2D eigenvalue weighted by molar-refractivity contribution is 0.110. The van der Waals surface area contributed by atoms with Gasteiger partial charge in [-0.1, -0.05) is 35.4 Å². The van der Waals surface area contributed by atoms with Crippen LogP contribution in [0.1, 0.15) is 35.7 Å². The number of halogens is 1. The number of rotatable bonds is 7. The van der Waals surface area contributed by atoms with E-state index in [2.05, 4.69) is 27.2 Å². The number of nitrogens with one attached hydrogen (secondary N) is 1. The molecular weight excluding hydrogens is 514 g/mol. The summed E-state index contributed by atoms with van der Waals surface area (Å²) in [6.07, 6.45) is 11.5. The third-order valence-corrected chi connectivity index (χ3v) is 7.60. The largest absolute Gasteiger partial charge is 0.494 e. The van der Waals surface area contributed by atoms with Crippen molar-refractivity contribution in [3.05, 3.63) is 101 Å². The van der Waals surface area contributed by atoms with Gasteiger partial charge >= 0.3 is 6.09 Å². The number of fused-ring (bicyclic) bond motifs is 3. The molecule has 1 aliphatic heterocycles. The summed E-state index contributed by atoms with van der Waals surface area (Å²) < 4.78 is 13.6. The number of nitrogens with zero attached hydrogens (tertiary/aromatic N) is 4. The molecule has 200 valence electrons. The fraction of sp³-hybridized carbons (Fsp3) is 0.300. The highest BCUT2D eigenvalue weighted by molar-refractivity contribution is 6.31. The smallest absolute Gasteiger partial charge is 0.415 e. The fourth-order valence-corrected chi connectivity index (χ4v) is 5.60. The van der Waals surface area contributed by atoms with Crippen LogP contribution in [0.4, 0.5) is 4.79 Å². The second-order valence-electron chi connectivity index (χ2n) is 10.0. The molecule has 9 heteroatoms. The lowest BCUT2D eigenvalue weighted by atomic mass is 9.84. The van der Waals surface area contributed by atoms with Crippen LogP contribution in [-0.2, 0) is 17.7 Å². The van der Waals surface area contributed by atoms with Gasteiger partial charge in [-0.25, -0.2) is 9.78 Å². The number of H-pyrrole nitrogens is 1. The lowest BCUT2D eigenvalue weighted by Gasteiger charge is -2.39. The Morgan fingerprint density at radius 1 is 1.21 bits per heavy atom. The molecule has 2 aromatic carbocycles. The highest BCUT2D eigenvalue weighted by atomic mass is 35.5. The van der Waals surface area contributed by atoms with Crippen molar-refractivity contribution in [2.45, 2.75) is 38.8 Å². The molecule has 1 unspecified atom stereocenters. The van der Waals surface area contributed by atoms with Crippen LogP contribution < -0.4 is 4.74 Å². The van der Waals surface area contributed by atoms with Crippen LogP contribution in [0.15, 0.2) is 79.1 Å². The summed E-state index contributed by atoms with van der Waals surface area (Å²) in [7, 11) is 0. The zero-order valence-corrected chi connectivity index (χ0v) is 22.5. The van der Waals surface area contributed by atoms with E-state index in [1.54, 1.807) is 11.0 Å². The van der Waals surface area contributed by atoms with Gasteiger partial charge in [0.05, 0.1) is 12.6 Å². The summed E-state index contributed by atoms with van der Waals surface area (Å²) in [5, 5.41) is 5.94. The van der Waals surface area contributed by atoms with Crippen molar-refractivity contribution in [3.8, 4) is 5.75 Å². The Morgan fingerprint density at radius 3 is 2.85 bits per heavy atom. The van der Waals surface area contributed by atoms with Gasteiger partial charge in [0, 0.05) is 47.0 Å². The molecule has 39 heavy (non-hydrogen) atoms. The molecule has 0 fully saturated rings. The van der Waals surface area contributed by atoms with Gasteiger partial charge in [-0.3, -0.25) is 9.58 Å². The number of hydrogen-bond donors (Lipinski definition) is 1. The minimum Gasteiger partial charge on any atom is -0.494 e. The van der Waals surface area contributed by atoms with Crippen LogP contribution in [-0.4, -0.2) is 43.9 Å². The number of benzene rings is 2. The summed E-state index contributed by atoms with van der Waals surface area (Å²) in [6.45, 7) is 3.91. The molecule has 0 radical (unpaired) electrons. The molecule has 3 heterocycles. The number of amides is 1. The normalized spacial score (nSPS) is 18.6. The van der Waals surface area contributed by atoms with Gasteiger partial charge in [0.2, 0.25) is 0 Å². The molecule has 1 amide bonds. The summed E-state index contributed by atoms with van der Waals surface area (Å²) >= 11 is 6.34. The SMILES string of the molecule is Cc1ccc(OC(=O)N2CCc3c([nH]c4ccc(Cl)cc34)[C@@H]2C2C=CC(OCCCn3cncn3)=CC2)cc1. The predicted molar refractivity (Wildman–Crippen MR) is 150 cm³/mol. The van der Waals surface area contributed by atoms with Gasteiger partial charge in [0.1, 0.15) is 24.2 Å². The summed E-state index contributed by atoms with van der Waals surface area (Å²) in [6, 6.07) is 13.2. The number of aromatic nitrogens is 4. The van der Waals surface area contributed by atoms with Crippen LogP contribution in [0.25, 0.3) is 10.9 Å². The van der Waals surface area contributed by atoms with Gasteiger partial charge < -0.3 is 14.5 Å². The number of ether oxygens (including phenoxy) is 2. The molecule has 4 aromatic rings. The van der Waals surface area contributed by atoms with Crippen LogP contribution in [0.3, 0.4) is 0 Å². The quantitative estimate of drug-likeness (QED) is 0.273. The monoisotopic (exact) mass is 543 g/mol. The number of allylic oxidation sites excluding steroid dienone is 2. The first-order valence-corrected chi connectivity index (χ1v) is 13.6. The van der Waals surface area contributed by atoms with Crippen molar-refractivity contribution in [2.24, 2.45) is 5.92 Å². The minimum absolute atomic E-state index is 0.0562. The molecule has 2 aliphatic rings. The number of carbonyl (C=O) groups excluding carboxylic acids is 1. The standard InChI is InChI=1S/C30H30ClN5O3/c1-20-3-8-24(9-4-20)39-30(37)36-15-13-25-26-17-22(31)7-12-27(26)34-28(25)29(36)21-5-10-23(11-6-21)38-16-2-14-35-19-32-18-33-35/h3-5,7-12,17-19,21,29,34H,2,6,13-16H2,1H3/t21?,29-/m0/s1. The van der Waals surface area contributed by atoms with E-state index in [0.717, 1.165) is 53.7 Å². The van der Waals surface area contributed by atoms with Crippen molar-refractivity contribution in [1.82, 2.24) is 24.6 Å². The summed E-state index contributed by atoms with van der Waals surface area (Å²) in [4.78, 5) is 22.9. The first-order chi connectivity index (χ1) is 19.0. The van der Waals surface area contributed by atoms with Gasteiger partial charge in [-0.05, 0) is 67.8 Å². The van der Waals surface area contributed by atoms with Crippen molar-refractivity contribution >= 4 is 28.6 Å². The zero-order chi connectivity index (χ0) is 26.8. The van der Waals surface area contributed by atoms with E-state index in [-0.39, 0.29) is 18.1 Å². The van der Waals surface area contributed by atoms with Crippen LogP contribution in [0.2, 0.25) is 5.02 Å². The maximum absolute atomic E-state index is 13.5. The second-order valence-corrected chi connectivity index (χ2v) is 10.4. The molecule has 2 atom stereocenters. The topological polar surface area (TPSA) is 85.3 Å². The maximum Gasteiger partial charge on any atom is 0.415 e. The first-order valence-electron chi connectivity index (χ1n) is 13.2. The van der Waals surface area contributed by atoms with Crippen molar-refractivity contribution < 1.29 is 14.3 Å². The fourth-order valence-electron chi connectivity index (χ4n) is 5.43. The lowest BCUT2D eigenvalue weighted by Crippen LogP contribution is -2.44. The molecule has 0 saturated carbocycles. The molecule has 6 rings (SSSR count). The molecule has 2 aromatic heterocycles. The Kier molecular flexibility index (Phi) is 7.11. The van der Waals surface area contributed by atoms with E-state index in [1.807, 2.05) is 60.4 Å². The summed E-state index contributed by atoms with van der Waals surface area (Å²) in [5.74, 6) is 1.44. The molecule has 1 N–H and O–H groups in total. The Morgan fingerprint density at radius 2 is 2.08 bits per heavy atom. The second kappa shape index (κ2) is 11.0. The average molecular weight is 544 g/mol. The van der Waals surface area contributed by atoms with E-state index in [0.29, 0.717) is 23.9 Å². The highest BCUT2D eigenvalue weighted by Gasteiger charge is 2.39. The van der Waals surface area contributed by atoms with Gasteiger partial charge in [0.25, 0.3) is 0 Å². The van der Waals surface area contributed by atoms with E-state index in [1.165, 1.54) is 11.9 Å². The van der Waals surface area contributed by atoms with E-state index in [9.17, 15) is 4.79 Å². The van der Waals surface area contributed by atoms with Crippen LogP contribution in [0.5, 0.6) is 5.75 Å². The Hall–Kier alpha value is -4.04. The minimum atomic E-state index is -0.348. The molecular formula is C30H30ClN5O3. The zero-order valence-electron chi connectivity index (χ0n) is 21.7. The first kappa shape index (κ1) is 25.2.